The maximum absolute atomic E-state index is 5.93. The van der Waals surface area contributed by atoms with E-state index < -0.39 is 0 Å². The molecule has 0 heterocycles. The second-order valence-electron chi connectivity index (χ2n) is 3.83. The van der Waals surface area contributed by atoms with E-state index in [1.807, 2.05) is 24.3 Å². The molecule has 1 aromatic carbocycles. The van der Waals surface area contributed by atoms with Gasteiger partial charge in [0.25, 0.3) is 0 Å². The summed E-state index contributed by atoms with van der Waals surface area (Å²) in [7, 11) is 0. The van der Waals surface area contributed by atoms with Gasteiger partial charge in [-0.1, -0.05) is 48.6 Å². The largest absolute Gasteiger partial charge is 0.384 e. The average Bonchev–Trinajstić information content (AvgIpc) is 2.38. The Balaban J connectivity index is 2.02. The van der Waals surface area contributed by atoms with Crippen molar-refractivity contribution in [3.05, 3.63) is 59.7 Å². The van der Waals surface area contributed by atoms with Gasteiger partial charge in [0.05, 0.1) is 6.54 Å². The summed E-state index contributed by atoms with van der Waals surface area (Å²) in [5.41, 5.74) is 8.17. The first-order valence-corrected chi connectivity index (χ1v) is 5.57. The van der Waals surface area contributed by atoms with Crippen molar-refractivity contribution in [2.45, 2.75) is 19.4 Å². The highest BCUT2D eigenvalue weighted by molar-refractivity contribution is 5.99. The number of aliphatic imine (C=N–C) groups is 1. The molecule has 0 saturated carbocycles. The fourth-order valence-electron chi connectivity index (χ4n) is 1.65. The first-order chi connectivity index (χ1) is 7.86. The summed E-state index contributed by atoms with van der Waals surface area (Å²) in [5.74, 6) is 0.639. The zero-order valence-corrected chi connectivity index (χ0v) is 9.26. The summed E-state index contributed by atoms with van der Waals surface area (Å²) < 4.78 is 0. The van der Waals surface area contributed by atoms with Gasteiger partial charge in [-0.2, -0.15) is 0 Å². The summed E-state index contributed by atoms with van der Waals surface area (Å²) in [6.07, 6.45) is 8.50. The molecule has 16 heavy (non-hydrogen) atoms. The molecule has 1 aliphatic rings. The van der Waals surface area contributed by atoms with E-state index in [0.717, 1.165) is 18.4 Å². The number of allylic oxidation sites excluding steroid dienone is 2. The van der Waals surface area contributed by atoms with Crippen molar-refractivity contribution in [3.63, 3.8) is 0 Å². The van der Waals surface area contributed by atoms with Crippen molar-refractivity contribution in [2.24, 2.45) is 10.7 Å². The van der Waals surface area contributed by atoms with Gasteiger partial charge in [0.2, 0.25) is 0 Å². The number of amidine groups is 1. The number of nitrogens with zero attached hydrogens (tertiary/aromatic N) is 1. The van der Waals surface area contributed by atoms with Crippen LogP contribution in [0.1, 0.15) is 18.4 Å². The van der Waals surface area contributed by atoms with Crippen molar-refractivity contribution in [2.75, 3.05) is 0 Å². The lowest BCUT2D eigenvalue weighted by molar-refractivity contribution is 1.02. The number of hydrogen-bond acceptors (Lipinski definition) is 1. The molecule has 2 N–H and O–H groups in total. The van der Waals surface area contributed by atoms with Crippen LogP contribution in [-0.2, 0) is 6.54 Å². The van der Waals surface area contributed by atoms with E-state index in [-0.39, 0.29) is 0 Å². The average molecular weight is 212 g/mol. The predicted octanol–water partition coefficient (Wildman–Crippen LogP) is 2.82. The Kier molecular flexibility index (Phi) is 3.54. The molecular weight excluding hydrogens is 196 g/mol. The molecule has 0 amide bonds. The smallest absolute Gasteiger partial charge is 0.125 e. The standard InChI is InChI=1S/C14H16N2/c15-14(13-9-5-2-6-10-13)16-11-12-7-3-1-4-8-12/h1,3-5,7-10H,2,6,11H2,(H2,15,16). The van der Waals surface area contributed by atoms with Crippen LogP contribution in [0.4, 0.5) is 0 Å². The van der Waals surface area contributed by atoms with E-state index in [0.29, 0.717) is 12.4 Å². The number of nitrogens with two attached hydrogens (primary N) is 1. The first kappa shape index (κ1) is 10.7. The summed E-state index contributed by atoms with van der Waals surface area (Å²) in [6.45, 7) is 0.651. The monoisotopic (exact) mass is 212 g/mol. The van der Waals surface area contributed by atoms with Crippen molar-refractivity contribution < 1.29 is 0 Å². The Morgan fingerprint density at radius 3 is 2.69 bits per heavy atom. The highest BCUT2D eigenvalue weighted by atomic mass is 14.8. The predicted molar refractivity (Wildman–Crippen MR) is 68.2 cm³/mol. The lowest BCUT2D eigenvalue weighted by Gasteiger charge is -2.06. The second-order valence-corrected chi connectivity index (χ2v) is 3.83. The third-order valence-electron chi connectivity index (χ3n) is 2.57. The molecule has 0 atom stereocenters. The Morgan fingerprint density at radius 2 is 2.00 bits per heavy atom. The van der Waals surface area contributed by atoms with Crippen LogP contribution in [0.5, 0.6) is 0 Å². The third-order valence-corrected chi connectivity index (χ3v) is 2.57. The SMILES string of the molecule is NC(=NCc1ccccc1)C1=CCCC=C1. The van der Waals surface area contributed by atoms with E-state index in [2.05, 4.69) is 29.3 Å². The molecule has 1 aliphatic carbocycles. The van der Waals surface area contributed by atoms with E-state index in [4.69, 9.17) is 5.73 Å². The molecule has 2 nitrogen and oxygen atoms in total. The zero-order chi connectivity index (χ0) is 11.2. The van der Waals surface area contributed by atoms with Gasteiger partial charge in [-0.3, -0.25) is 4.99 Å². The van der Waals surface area contributed by atoms with E-state index in [9.17, 15) is 0 Å². The third kappa shape index (κ3) is 2.83. The Hall–Kier alpha value is -1.83. The van der Waals surface area contributed by atoms with Crippen molar-refractivity contribution in [3.8, 4) is 0 Å². The van der Waals surface area contributed by atoms with E-state index in [1.54, 1.807) is 0 Å². The van der Waals surface area contributed by atoms with Gasteiger partial charge in [0, 0.05) is 5.57 Å². The molecule has 1 aromatic rings. The van der Waals surface area contributed by atoms with Crippen LogP contribution in [0, 0.1) is 0 Å². The molecule has 0 bridgehead atoms. The quantitative estimate of drug-likeness (QED) is 0.607. The number of rotatable bonds is 3. The van der Waals surface area contributed by atoms with Crippen LogP contribution in [0.25, 0.3) is 0 Å². The number of benzene rings is 1. The fourth-order valence-corrected chi connectivity index (χ4v) is 1.65. The molecule has 0 saturated heterocycles. The maximum Gasteiger partial charge on any atom is 0.125 e. The molecule has 0 unspecified atom stereocenters. The molecule has 0 aliphatic heterocycles. The minimum Gasteiger partial charge on any atom is -0.384 e. The highest BCUT2D eigenvalue weighted by Crippen LogP contribution is 2.10. The van der Waals surface area contributed by atoms with E-state index >= 15 is 0 Å². The van der Waals surface area contributed by atoms with Crippen LogP contribution in [0.3, 0.4) is 0 Å². The summed E-state index contributed by atoms with van der Waals surface area (Å²) in [5, 5.41) is 0. The molecular formula is C14H16N2. The maximum atomic E-state index is 5.93. The molecule has 0 aromatic heterocycles. The Bertz CT molecular complexity index is 427. The van der Waals surface area contributed by atoms with Gasteiger partial charge in [-0.25, -0.2) is 0 Å². The summed E-state index contributed by atoms with van der Waals surface area (Å²) in [4.78, 5) is 4.39. The van der Waals surface area contributed by atoms with Gasteiger partial charge in [-0.15, -0.1) is 0 Å². The fraction of sp³-hybridized carbons (Fsp3) is 0.214. The highest BCUT2D eigenvalue weighted by Gasteiger charge is 2.01. The van der Waals surface area contributed by atoms with Crippen molar-refractivity contribution in [1.29, 1.82) is 0 Å². The molecule has 0 radical (unpaired) electrons. The lowest BCUT2D eigenvalue weighted by Crippen LogP contribution is -2.15. The minimum atomic E-state index is 0.639. The van der Waals surface area contributed by atoms with Gasteiger partial charge < -0.3 is 5.73 Å². The van der Waals surface area contributed by atoms with Crippen molar-refractivity contribution >= 4 is 5.84 Å². The topological polar surface area (TPSA) is 38.4 Å². The zero-order valence-electron chi connectivity index (χ0n) is 9.26. The summed E-state index contributed by atoms with van der Waals surface area (Å²) in [6, 6.07) is 10.1. The van der Waals surface area contributed by atoms with Crippen molar-refractivity contribution in [1.82, 2.24) is 0 Å². The van der Waals surface area contributed by atoms with Crippen LogP contribution in [0.15, 0.2) is 59.1 Å². The second kappa shape index (κ2) is 5.31. The van der Waals surface area contributed by atoms with Gasteiger partial charge in [-0.05, 0) is 18.4 Å². The molecule has 2 heteroatoms. The van der Waals surface area contributed by atoms with Gasteiger partial charge in [0.15, 0.2) is 0 Å². The minimum absolute atomic E-state index is 0.639. The first-order valence-electron chi connectivity index (χ1n) is 5.57. The normalized spacial score (nSPS) is 16.0. The molecule has 0 spiro atoms. The summed E-state index contributed by atoms with van der Waals surface area (Å²) >= 11 is 0. The van der Waals surface area contributed by atoms with Crippen LogP contribution in [0.2, 0.25) is 0 Å². The van der Waals surface area contributed by atoms with Gasteiger partial charge >= 0.3 is 0 Å². The van der Waals surface area contributed by atoms with Crippen LogP contribution < -0.4 is 5.73 Å². The number of hydrogen-bond donors (Lipinski definition) is 1. The van der Waals surface area contributed by atoms with Crippen LogP contribution >= 0.6 is 0 Å². The lowest BCUT2D eigenvalue weighted by atomic mass is 10.1. The van der Waals surface area contributed by atoms with Crippen LogP contribution in [-0.4, -0.2) is 5.84 Å². The Labute approximate surface area is 96.2 Å². The molecule has 2 rings (SSSR count). The van der Waals surface area contributed by atoms with Gasteiger partial charge in [0.1, 0.15) is 5.84 Å². The Morgan fingerprint density at radius 1 is 1.19 bits per heavy atom. The van der Waals surface area contributed by atoms with E-state index in [1.165, 1.54) is 5.56 Å². The molecule has 82 valence electrons. The molecule has 0 fully saturated rings.